The number of ether oxygens (including phenoxy) is 1. The summed E-state index contributed by atoms with van der Waals surface area (Å²) in [6, 6.07) is 5.52. The lowest BCUT2D eigenvalue weighted by atomic mass is 9.92. The van der Waals surface area contributed by atoms with Crippen LogP contribution in [0.5, 0.6) is 28.7 Å². The van der Waals surface area contributed by atoms with Gasteiger partial charge in [0.2, 0.25) is 0 Å². The van der Waals surface area contributed by atoms with Crippen LogP contribution in [-0.4, -0.2) is 31.8 Å². The molecule has 0 bridgehead atoms. The van der Waals surface area contributed by atoms with E-state index in [2.05, 4.69) is 6.08 Å². The molecule has 0 saturated heterocycles. The maximum absolute atomic E-state index is 12.7. The van der Waals surface area contributed by atoms with Crippen LogP contribution in [0.25, 0.3) is 12.2 Å². The maximum atomic E-state index is 12.7. The van der Waals surface area contributed by atoms with E-state index in [9.17, 15) is 25.2 Å². The first-order valence-electron chi connectivity index (χ1n) is 9.95. The van der Waals surface area contributed by atoms with E-state index in [1.54, 1.807) is 6.08 Å². The van der Waals surface area contributed by atoms with Gasteiger partial charge in [0, 0.05) is 6.07 Å². The van der Waals surface area contributed by atoms with Gasteiger partial charge >= 0.3 is 0 Å². The molecular formula is C25H26O6. The second-order valence-electron chi connectivity index (χ2n) is 8.01. The highest BCUT2D eigenvalue weighted by Crippen LogP contribution is 2.44. The van der Waals surface area contributed by atoms with Gasteiger partial charge in [0.1, 0.15) is 39.9 Å². The molecule has 0 aromatic heterocycles. The number of aromatic hydroxyl groups is 4. The molecule has 0 aliphatic carbocycles. The molecule has 162 valence electrons. The van der Waals surface area contributed by atoms with Crippen LogP contribution in [0, 0.1) is 0 Å². The lowest BCUT2D eigenvalue weighted by molar-refractivity contribution is 0.104. The summed E-state index contributed by atoms with van der Waals surface area (Å²) in [5, 5.41) is 40.7. The number of allylic oxidation sites excluding steroid dienone is 3. The van der Waals surface area contributed by atoms with Crippen molar-refractivity contribution in [3.63, 3.8) is 0 Å². The van der Waals surface area contributed by atoms with Crippen LogP contribution in [0.4, 0.5) is 0 Å². The Bertz CT molecular complexity index is 1090. The fourth-order valence-corrected chi connectivity index (χ4v) is 3.42. The third kappa shape index (κ3) is 4.74. The average molecular weight is 422 g/mol. The number of benzene rings is 2. The Balaban J connectivity index is 1.89. The molecular weight excluding hydrogens is 396 g/mol. The molecule has 31 heavy (non-hydrogen) atoms. The van der Waals surface area contributed by atoms with Crippen LogP contribution in [0.15, 0.2) is 48.1 Å². The number of hydrogen-bond donors (Lipinski definition) is 4. The van der Waals surface area contributed by atoms with Gasteiger partial charge < -0.3 is 25.2 Å². The van der Waals surface area contributed by atoms with Crippen LogP contribution in [-0.2, 0) is 0 Å². The van der Waals surface area contributed by atoms with Crippen molar-refractivity contribution in [2.24, 2.45) is 0 Å². The van der Waals surface area contributed by atoms with Crippen LogP contribution in [0.2, 0.25) is 0 Å². The first kappa shape index (κ1) is 22.0. The molecule has 1 aliphatic rings. The number of ketones is 1. The van der Waals surface area contributed by atoms with Crippen molar-refractivity contribution in [2.45, 2.75) is 39.2 Å². The van der Waals surface area contributed by atoms with Crippen LogP contribution in [0.3, 0.4) is 0 Å². The Kier molecular flexibility index (Phi) is 6.11. The standard InChI is InChI=1S/C25H26O6/c1-15(2)6-5-12-25(3)13-11-17-22(31-25)14-21(29)23(24(17)30)20(28)10-9-16-18(26)7-4-8-19(16)27/h4,6-11,13-14,26-27,29-30H,5,12H2,1-3H3/b10-9+. The average Bonchev–Trinajstić information content (AvgIpc) is 2.66. The van der Waals surface area contributed by atoms with E-state index in [4.69, 9.17) is 4.74 Å². The summed E-state index contributed by atoms with van der Waals surface area (Å²) in [6.45, 7) is 5.97. The van der Waals surface area contributed by atoms with Crippen molar-refractivity contribution < 1.29 is 30.0 Å². The van der Waals surface area contributed by atoms with Crippen molar-refractivity contribution >= 4 is 17.9 Å². The topological polar surface area (TPSA) is 107 Å². The summed E-state index contributed by atoms with van der Waals surface area (Å²) in [5.74, 6) is -1.62. The Morgan fingerprint density at radius 2 is 1.77 bits per heavy atom. The summed E-state index contributed by atoms with van der Waals surface area (Å²) in [7, 11) is 0. The zero-order chi connectivity index (χ0) is 22.8. The molecule has 0 fully saturated rings. The number of rotatable bonds is 6. The molecule has 1 heterocycles. The van der Waals surface area contributed by atoms with Gasteiger partial charge in [-0.15, -0.1) is 0 Å². The molecule has 1 atom stereocenters. The Morgan fingerprint density at radius 1 is 1.10 bits per heavy atom. The molecule has 4 N–H and O–H groups in total. The molecule has 2 aromatic carbocycles. The second kappa shape index (κ2) is 8.60. The van der Waals surface area contributed by atoms with Gasteiger partial charge in [-0.25, -0.2) is 0 Å². The number of phenolic OH excluding ortho intramolecular Hbond substituents is 4. The molecule has 6 nitrogen and oxygen atoms in total. The van der Waals surface area contributed by atoms with Crippen LogP contribution >= 0.6 is 0 Å². The minimum absolute atomic E-state index is 0.0585. The van der Waals surface area contributed by atoms with E-state index in [1.807, 2.05) is 26.8 Å². The number of phenols is 4. The summed E-state index contributed by atoms with van der Waals surface area (Å²) in [4.78, 5) is 12.7. The molecule has 6 heteroatoms. The van der Waals surface area contributed by atoms with Crippen LogP contribution in [0.1, 0.15) is 55.1 Å². The monoisotopic (exact) mass is 422 g/mol. The first-order valence-corrected chi connectivity index (χ1v) is 9.95. The van der Waals surface area contributed by atoms with Crippen molar-refractivity contribution in [3.8, 4) is 28.7 Å². The number of hydrogen-bond acceptors (Lipinski definition) is 6. The lowest BCUT2D eigenvalue weighted by Gasteiger charge is -2.32. The zero-order valence-corrected chi connectivity index (χ0v) is 17.7. The molecule has 0 radical (unpaired) electrons. The molecule has 1 aliphatic heterocycles. The largest absolute Gasteiger partial charge is 0.507 e. The Morgan fingerprint density at radius 3 is 2.42 bits per heavy atom. The van der Waals surface area contributed by atoms with Crippen molar-refractivity contribution in [1.82, 2.24) is 0 Å². The predicted octanol–water partition coefficient (Wildman–Crippen LogP) is 5.32. The second-order valence-corrected chi connectivity index (χ2v) is 8.01. The van der Waals surface area contributed by atoms with E-state index < -0.39 is 22.9 Å². The van der Waals surface area contributed by atoms with Crippen LogP contribution < -0.4 is 4.74 Å². The Hall–Kier alpha value is -3.67. The third-order valence-electron chi connectivity index (χ3n) is 5.13. The van der Waals surface area contributed by atoms with Gasteiger partial charge in [-0.3, -0.25) is 4.79 Å². The summed E-state index contributed by atoms with van der Waals surface area (Å²) in [6.07, 6.45) is 9.44. The summed E-state index contributed by atoms with van der Waals surface area (Å²) >= 11 is 0. The van der Waals surface area contributed by atoms with Gasteiger partial charge in [-0.05, 0) is 70.0 Å². The van der Waals surface area contributed by atoms with Crippen molar-refractivity contribution in [3.05, 3.63) is 64.8 Å². The highest BCUT2D eigenvalue weighted by atomic mass is 16.5. The van der Waals surface area contributed by atoms with Gasteiger partial charge in [0.15, 0.2) is 5.78 Å². The van der Waals surface area contributed by atoms with E-state index in [0.717, 1.165) is 12.5 Å². The first-order chi connectivity index (χ1) is 14.6. The van der Waals surface area contributed by atoms with Crippen molar-refractivity contribution in [2.75, 3.05) is 0 Å². The molecule has 1 unspecified atom stereocenters. The van der Waals surface area contributed by atoms with Gasteiger partial charge in [-0.2, -0.15) is 0 Å². The minimum Gasteiger partial charge on any atom is -0.507 e. The van der Waals surface area contributed by atoms with E-state index in [-0.39, 0.29) is 28.4 Å². The van der Waals surface area contributed by atoms with Gasteiger partial charge in [-0.1, -0.05) is 17.7 Å². The van der Waals surface area contributed by atoms with E-state index in [1.165, 1.54) is 35.9 Å². The number of carbonyl (C=O) groups excluding carboxylic acids is 1. The summed E-state index contributed by atoms with van der Waals surface area (Å²) < 4.78 is 6.03. The van der Waals surface area contributed by atoms with Gasteiger partial charge in [0.05, 0.1) is 11.1 Å². The molecule has 2 aromatic rings. The maximum Gasteiger partial charge on any atom is 0.193 e. The van der Waals surface area contributed by atoms with Gasteiger partial charge in [0.25, 0.3) is 0 Å². The fourth-order valence-electron chi connectivity index (χ4n) is 3.42. The van der Waals surface area contributed by atoms with Crippen molar-refractivity contribution in [1.29, 1.82) is 0 Å². The molecule has 0 spiro atoms. The van der Waals surface area contributed by atoms with E-state index >= 15 is 0 Å². The normalized spacial score (nSPS) is 17.3. The minimum atomic E-state index is -0.689. The van der Waals surface area contributed by atoms with E-state index in [0.29, 0.717) is 12.0 Å². The number of fused-ring (bicyclic) bond motifs is 1. The highest BCUT2D eigenvalue weighted by molar-refractivity contribution is 6.11. The lowest BCUT2D eigenvalue weighted by Crippen LogP contribution is -2.31. The zero-order valence-electron chi connectivity index (χ0n) is 17.7. The summed E-state index contributed by atoms with van der Waals surface area (Å²) in [5.41, 5.74) is 0.688. The molecule has 3 rings (SSSR count). The molecule has 0 amide bonds. The highest BCUT2D eigenvalue weighted by Gasteiger charge is 2.30. The predicted molar refractivity (Wildman–Crippen MR) is 120 cm³/mol. The SMILES string of the molecule is CC(C)=CCCC1(C)C=Cc2c(cc(O)c(C(=O)/C=C/c3c(O)cccc3O)c2O)O1. The third-order valence-corrected chi connectivity index (χ3v) is 5.13. The smallest absolute Gasteiger partial charge is 0.193 e. The fraction of sp³-hybridized carbons (Fsp3) is 0.240. The Labute approximate surface area is 181 Å². The molecule has 0 saturated carbocycles. The quantitative estimate of drug-likeness (QED) is 0.285. The number of carbonyl (C=O) groups is 1.